The molecule has 0 spiro atoms. The van der Waals surface area contributed by atoms with Crippen molar-refractivity contribution in [2.75, 3.05) is 13.2 Å². The number of nitrogens with zero attached hydrogens (tertiary/aromatic N) is 1. The molecule has 10 heteroatoms. The van der Waals surface area contributed by atoms with Gasteiger partial charge in [-0.2, -0.15) is 5.10 Å². The molecule has 0 radical (unpaired) electrons. The number of hydrogen-bond acceptors (Lipinski definition) is 6. The summed E-state index contributed by atoms with van der Waals surface area (Å²) in [5, 5.41) is 12.7. The Labute approximate surface area is 184 Å². The van der Waals surface area contributed by atoms with E-state index in [1.807, 2.05) is 6.92 Å². The predicted octanol–water partition coefficient (Wildman–Crippen LogP) is 2.64. The van der Waals surface area contributed by atoms with Crippen LogP contribution in [0.5, 0.6) is 0 Å². The summed E-state index contributed by atoms with van der Waals surface area (Å²) in [6.07, 6.45) is 0.0169. The molecule has 2 heterocycles. The standard InChI is InChI=1S/C21H23ClN4O5/c1-4-30-20(28)18-16(10-31-17(27)9-15-11(2)25-26-12(15)3)23-21(29)24-19(18)13-5-7-14(22)8-6-13/h5-8,19H,4,9-10H2,1-3H3,(H,25,26)(H2,23,24,29)/t19-/m0/s1. The van der Waals surface area contributed by atoms with Crippen molar-refractivity contribution in [2.24, 2.45) is 0 Å². The van der Waals surface area contributed by atoms with Crippen molar-refractivity contribution in [3.05, 3.63) is 63.1 Å². The van der Waals surface area contributed by atoms with Gasteiger partial charge in [0.1, 0.15) is 6.61 Å². The first-order chi connectivity index (χ1) is 14.8. The van der Waals surface area contributed by atoms with Crippen LogP contribution in [0.25, 0.3) is 0 Å². The van der Waals surface area contributed by atoms with Crippen LogP contribution in [0, 0.1) is 13.8 Å². The maximum Gasteiger partial charge on any atom is 0.338 e. The van der Waals surface area contributed by atoms with Crippen LogP contribution >= 0.6 is 11.6 Å². The molecule has 0 unspecified atom stereocenters. The molecule has 3 rings (SSSR count). The summed E-state index contributed by atoms with van der Waals surface area (Å²) in [6.45, 7) is 5.14. The number of aromatic amines is 1. The van der Waals surface area contributed by atoms with Crippen LogP contribution in [0.15, 0.2) is 35.5 Å². The zero-order chi connectivity index (χ0) is 22.5. The quantitative estimate of drug-likeness (QED) is 0.562. The minimum atomic E-state index is -0.780. The number of ether oxygens (including phenoxy) is 2. The summed E-state index contributed by atoms with van der Waals surface area (Å²) >= 11 is 5.95. The van der Waals surface area contributed by atoms with Crippen molar-refractivity contribution in [2.45, 2.75) is 33.2 Å². The molecule has 1 aliphatic rings. The van der Waals surface area contributed by atoms with Crippen molar-refractivity contribution < 1.29 is 23.9 Å². The van der Waals surface area contributed by atoms with Gasteiger partial charge in [-0.15, -0.1) is 0 Å². The minimum Gasteiger partial charge on any atom is -0.463 e. The molecule has 2 aromatic rings. The zero-order valence-corrected chi connectivity index (χ0v) is 18.1. The molecule has 1 aromatic carbocycles. The van der Waals surface area contributed by atoms with Crippen LogP contribution in [-0.4, -0.2) is 41.4 Å². The summed E-state index contributed by atoms with van der Waals surface area (Å²) in [5.41, 5.74) is 3.19. The van der Waals surface area contributed by atoms with Crippen LogP contribution in [0.2, 0.25) is 5.02 Å². The number of rotatable bonds is 7. The lowest BCUT2D eigenvalue weighted by molar-refractivity contribution is -0.143. The van der Waals surface area contributed by atoms with Crippen LogP contribution in [-0.2, 0) is 25.5 Å². The van der Waals surface area contributed by atoms with E-state index in [0.29, 0.717) is 16.3 Å². The van der Waals surface area contributed by atoms with Gasteiger partial charge in [0.2, 0.25) is 0 Å². The fourth-order valence-corrected chi connectivity index (χ4v) is 3.40. The molecule has 31 heavy (non-hydrogen) atoms. The Bertz CT molecular complexity index is 1010. The average molecular weight is 447 g/mol. The van der Waals surface area contributed by atoms with E-state index in [1.165, 1.54) is 0 Å². The van der Waals surface area contributed by atoms with E-state index in [9.17, 15) is 14.4 Å². The van der Waals surface area contributed by atoms with E-state index in [0.717, 1.165) is 11.3 Å². The lowest BCUT2D eigenvalue weighted by atomic mass is 9.95. The number of carbonyl (C=O) groups is 3. The topological polar surface area (TPSA) is 122 Å². The number of aryl methyl sites for hydroxylation is 2. The Balaban J connectivity index is 1.86. The Kier molecular flexibility index (Phi) is 6.96. The van der Waals surface area contributed by atoms with Crippen molar-refractivity contribution in [3.8, 4) is 0 Å². The Morgan fingerprint density at radius 1 is 1.16 bits per heavy atom. The van der Waals surface area contributed by atoms with Crippen molar-refractivity contribution >= 4 is 29.6 Å². The zero-order valence-electron chi connectivity index (χ0n) is 17.4. The number of carbonyl (C=O) groups excluding carboxylic acids is 3. The largest absolute Gasteiger partial charge is 0.463 e. The van der Waals surface area contributed by atoms with Crippen LogP contribution in [0.1, 0.15) is 35.5 Å². The molecule has 164 valence electrons. The van der Waals surface area contributed by atoms with Gasteiger partial charge in [0.05, 0.1) is 36.0 Å². The number of H-pyrrole nitrogens is 1. The summed E-state index contributed by atoms with van der Waals surface area (Å²) in [4.78, 5) is 37.3. The smallest absolute Gasteiger partial charge is 0.338 e. The van der Waals surface area contributed by atoms with Gasteiger partial charge in [-0.1, -0.05) is 23.7 Å². The third-order valence-electron chi connectivity index (χ3n) is 4.83. The highest BCUT2D eigenvalue weighted by atomic mass is 35.5. The minimum absolute atomic E-state index is 0.0169. The van der Waals surface area contributed by atoms with E-state index in [2.05, 4.69) is 20.8 Å². The second-order valence-corrected chi connectivity index (χ2v) is 7.38. The molecule has 2 amide bonds. The SMILES string of the molecule is CCOC(=O)C1=C(COC(=O)Cc2c(C)n[nH]c2C)NC(=O)N[C@H]1c1ccc(Cl)cc1. The number of amides is 2. The van der Waals surface area contributed by atoms with E-state index < -0.39 is 24.0 Å². The van der Waals surface area contributed by atoms with E-state index in [4.69, 9.17) is 21.1 Å². The molecule has 0 aliphatic carbocycles. The van der Waals surface area contributed by atoms with Gasteiger partial charge < -0.3 is 20.1 Å². The predicted molar refractivity (Wildman–Crippen MR) is 112 cm³/mol. The summed E-state index contributed by atoms with van der Waals surface area (Å²) in [7, 11) is 0. The third kappa shape index (κ3) is 5.24. The Morgan fingerprint density at radius 2 is 1.87 bits per heavy atom. The van der Waals surface area contributed by atoms with Crippen LogP contribution in [0.4, 0.5) is 4.79 Å². The molecule has 3 N–H and O–H groups in total. The highest BCUT2D eigenvalue weighted by Gasteiger charge is 2.34. The molecule has 1 aliphatic heterocycles. The van der Waals surface area contributed by atoms with Crippen molar-refractivity contribution in [1.82, 2.24) is 20.8 Å². The molecular weight excluding hydrogens is 424 g/mol. The first kappa shape index (κ1) is 22.4. The summed E-state index contributed by atoms with van der Waals surface area (Å²) in [5.74, 6) is -1.14. The first-order valence-corrected chi connectivity index (χ1v) is 10.1. The number of hydrogen-bond donors (Lipinski definition) is 3. The third-order valence-corrected chi connectivity index (χ3v) is 5.08. The number of nitrogens with one attached hydrogen (secondary N) is 3. The maximum atomic E-state index is 12.7. The average Bonchev–Trinajstić information content (AvgIpc) is 3.04. The van der Waals surface area contributed by atoms with Gasteiger partial charge in [0, 0.05) is 16.3 Å². The molecule has 1 aromatic heterocycles. The number of esters is 2. The maximum absolute atomic E-state index is 12.7. The van der Waals surface area contributed by atoms with Crippen LogP contribution in [0.3, 0.4) is 0 Å². The molecule has 0 saturated heterocycles. The highest BCUT2D eigenvalue weighted by Crippen LogP contribution is 2.29. The number of urea groups is 1. The number of benzene rings is 1. The van der Waals surface area contributed by atoms with Gasteiger partial charge in [-0.05, 0) is 38.5 Å². The monoisotopic (exact) mass is 446 g/mol. The lowest BCUT2D eigenvalue weighted by Gasteiger charge is -2.29. The molecular formula is C21H23ClN4O5. The van der Waals surface area contributed by atoms with Crippen molar-refractivity contribution in [1.29, 1.82) is 0 Å². The fourth-order valence-electron chi connectivity index (χ4n) is 3.27. The Hall–Kier alpha value is -3.33. The Morgan fingerprint density at radius 3 is 2.48 bits per heavy atom. The fraction of sp³-hybridized carbons (Fsp3) is 0.333. The van der Waals surface area contributed by atoms with Gasteiger partial charge in [-0.25, -0.2) is 9.59 Å². The molecule has 1 atom stereocenters. The molecule has 0 bridgehead atoms. The van der Waals surface area contributed by atoms with Gasteiger partial charge in [0.15, 0.2) is 0 Å². The normalized spacial score (nSPS) is 15.9. The molecule has 0 fully saturated rings. The molecule has 9 nitrogen and oxygen atoms in total. The van der Waals surface area contributed by atoms with E-state index >= 15 is 0 Å². The van der Waals surface area contributed by atoms with Gasteiger partial charge >= 0.3 is 18.0 Å². The second-order valence-electron chi connectivity index (χ2n) is 6.95. The summed E-state index contributed by atoms with van der Waals surface area (Å²) in [6, 6.07) is 5.40. The van der Waals surface area contributed by atoms with Gasteiger partial charge in [0.25, 0.3) is 0 Å². The lowest BCUT2D eigenvalue weighted by Crippen LogP contribution is -2.47. The van der Waals surface area contributed by atoms with Gasteiger partial charge in [-0.3, -0.25) is 9.89 Å². The highest BCUT2D eigenvalue weighted by molar-refractivity contribution is 6.30. The van der Waals surface area contributed by atoms with Crippen LogP contribution < -0.4 is 10.6 Å². The van der Waals surface area contributed by atoms with E-state index in [1.54, 1.807) is 38.1 Å². The van der Waals surface area contributed by atoms with E-state index in [-0.39, 0.29) is 30.9 Å². The van der Waals surface area contributed by atoms with Crippen molar-refractivity contribution in [3.63, 3.8) is 0 Å². The summed E-state index contributed by atoms with van der Waals surface area (Å²) < 4.78 is 10.5. The number of halogens is 1. The number of aromatic nitrogens is 2. The second kappa shape index (κ2) is 9.65. The first-order valence-electron chi connectivity index (χ1n) is 9.69. The molecule has 0 saturated carbocycles.